The Kier molecular flexibility index (Phi) is 9.39. The van der Waals surface area contributed by atoms with Gasteiger partial charge in [-0.15, -0.1) is 0 Å². The second-order valence-electron chi connectivity index (χ2n) is 8.89. The van der Waals surface area contributed by atoms with Gasteiger partial charge in [0.25, 0.3) is 5.91 Å². The first kappa shape index (κ1) is 26.5. The fraction of sp³-hybridized carbons (Fsp3) is 0.370. The molecule has 0 spiro atoms. The molecule has 0 saturated carbocycles. The van der Waals surface area contributed by atoms with Crippen molar-refractivity contribution in [2.45, 2.75) is 37.6 Å². The van der Waals surface area contributed by atoms with Crippen LogP contribution in [-0.2, 0) is 30.7 Å². The Balaban J connectivity index is 1.42. The van der Waals surface area contributed by atoms with E-state index in [1.807, 2.05) is 65.6 Å². The second kappa shape index (κ2) is 13.1. The summed E-state index contributed by atoms with van der Waals surface area (Å²) in [4.78, 5) is 42.4. The standard InChI is InChI=1S/C27H33N5O5/c1-35-37-17-22-13-8-14-32(22)27(34)25(21-11-6-3-7-12-21)31-15-24(29-19-31)30-26(33)23(28)18-36-16-20-9-4-2-5-10-20/h2-7,9-12,15,19,22-23,25H,8,13-14,16-18,28H2,1H3,(H,30,33)/t22?,23-,25?/m0/s1. The van der Waals surface area contributed by atoms with E-state index in [0.29, 0.717) is 25.6 Å². The third kappa shape index (κ3) is 7.01. The topological polar surface area (TPSA) is 121 Å². The lowest BCUT2D eigenvalue weighted by molar-refractivity contribution is -0.278. The van der Waals surface area contributed by atoms with Crippen molar-refractivity contribution in [1.82, 2.24) is 14.5 Å². The third-order valence-corrected chi connectivity index (χ3v) is 6.28. The lowest BCUT2D eigenvalue weighted by atomic mass is 10.0. The molecule has 3 aromatic rings. The molecule has 10 nitrogen and oxygen atoms in total. The van der Waals surface area contributed by atoms with Gasteiger partial charge in [0.2, 0.25) is 5.91 Å². The zero-order valence-corrected chi connectivity index (χ0v) is 20.9. The molecule has 2 unspecified atom stereocenters. The molecule has 4 rings (SSSR count). The number of benzene rings is 2. The first-order valence-electron chi connectivity index (χ1n) is 12.3. The van der Waals surface area contributed by atoms with Gasteiger partial charge in [0.15, 0.2) is 5.82 Å². The summed E-state index contributed by atoms with van der Waals surface area (Å²) in [6, 6.07) is 17.5. The van der Waals surface area contributed by atoms with Crippen LogP contribution in [0.15, 0.2) is 73.2 Å². The van der Waals surface area contributed by atoms with E-state index in [0.717, 1.165) is 24.0 Å². The van der Waals surface area contributed by atoms with Crippen LogP contribution in [0.25, 0.3) is 0 Å². The van der Waals surface area contributed by atoms with Crippen molar-refractivity contribution >= 4 is 17.6 Å². The number of ether oxygens (including phenoxy) is 1. The fourth-order valence-electron chi connectivity index (χ4n) is 4.40. The molecule has 1 aromatic heterocycles. The molecule has 10 heteroatoms. The Hall–Kier alpha value is -3.57. The maximum atomic E-state index is 13.8. The van der Waals surface area contributed by atoms with Gasteiger partial charge in [-0.3, -0.25) is 9.59 Å². The van der Waals surface area contributed by atoms with Crippen molar-refractivity contribution in [3.8, 4) is 0 Å². The zero-order valence-electron chi connectivity index (χ0n) is 20.9. The minimum atomic E-state index is -0.869. The molecule has 1 aliphatic rings. The number of aromatic nitrogens is 2. The third-order valence-electron chi connectivity index (χ3n) is 6.28. The van der Waals surface area contributed by atoms with Crippen LogP contribution in [0.4, 0.5) is 5.82 Å². The molecule has 0 radical (unpaired) electrons. The highest BCUT2D eigenvalue weighted by Gasteiger charge is 2.35. The molecule has 3 atom stereocenters. The second-order valence-corrected chi connectivity index (χ2v) is 8.89. The summed E-state index contributed by atoms with van der Waals surface area (Å²) in [5.41, 5.74) is 7.83. The average Bonchev–Trinajstić information content (AvgIpc) is 3.58. The van der Waals surface area contributed by atoms with Crippen LogP contribution in [0.1, 0.15) is 30.0 Å². The molecular weight excluding hydrogens is 474 g/mol. The van der Waals surface area contributed by atoms with E-state index in [-0.39, 0.29) is 18.6 Å². The molecule has 2 heterocycles. The number of likely N-dealkylation sites (tertiary alicyclic amines) is 1. The number of carbonyl (C=O) groups excluding carboxylic acids is 2. The molecule has 196 valence electrons. The molecular formula is C27H33N5O5. The van der Waals surface area contributed by atoms with E-state index in [4.69, 9.17) is 20.2 Å². The van der Waals surface area contributed by atoms with Gasteiger partial charge in [-0.2, -0.15) is 0 Å². The van der Waals surface area contributed by atoms with Crippen molar-refractivity contribution in [1.29, 1.82) is 0 Å². The van der Waals surface area contributed by atoms with Crippen molar-refractivity contribution in [3.05, 3.63) is 84.3 Å². The van der Waals surface area contributed by atoms with Gasteiger partial charge in [-0.05, 0) is 24.0 Å². The van der Waals surface area contributed by atoms with E-state index < -0.39 is 18.0 Å². The number of amides is 2. The Morgan fingerprint density at radius 3 is 2.59 bits per heavy atom. The highest BCUT2D eigenvalue weighted by Crippen LogP contribution is 2.27. The van der Waals surface area contributed by atoms with Crippen LogP contribution in [0.3, 0.4) is 0 Å². The van der Waals surface area contributed by atoms with E-state index in [1.165, 1.54) is 7.11 Å². The number of hydrogen-bond donors (Lipinski definition) is 2. The number of anilines is 1. The monoisotopic (exact) mass is 507 g/mol. The number of carbonyl (C=O) groups is 2. The quantitative estimate of drug-likeness (QED) is 0.285. The Labute approximate surface area is 216 Å². The number of nitrogens with two attached hydrogens (primary N) is 1. The lowest BCUT2D eigenvalue weighted by Gasteiger charge is -2.29. The van der Waals surface area contributed by atoms with Gasteiger partial charge in [-0.25, -0.2) is 14.8 Å². The van der Waals surface area contributed by atoms with Gasteiger partial charge in [0, 0.05) is 12.7 Å². The van der Waals surface area contributed by atoms with Crippen molar-refractivity contribution in [3.63, 3.8) is 0 Å². The Morgan fingerprint density at radius 2 is 1.86 bits per heavy atom. The lowest BCUT2D eigenvalue weighted by Crippen LogP contribution is -2.42. The molecule has 0 bridgehead atoms. The largest absolute Gasteiger partial charge is 0.375 e. The number of rotatable bonds is 12. The molecule has 2 amide bonds. The summed E-state index contributed by atoms with van der Waals surface area (Å²) < 4.78 is 7.29. The first-order chi connectivity index (χ1) is 18.1. The predicted octanol–water partition coefficient (Wildman–Crippen LogP) is 2.52. The minimum absolute atomic E-state index is 0.0620. The van der Waals surface area contributed by atoms with Crippen LogP contribution in [-0.4, -0.2) is 65.2 Å². The van der Waals surface area contributed by atoms with E-state index in [1.54, 1.807) is 17.1 Å². The maximum absolute atomic E-state index is 13.8. The molecule has 37 heavy (non-hydrogen) atoms. The van der Waals surface area contributed by atoms with E-state index >= 15 is 0 Å². The SMILES string of the molecule is COOCC1CCCN1C(=O)C(c1ccccc1)n1cnc(NC(=O)[C@@H](N)COCc2ccccc2)c1. The minimum Gasteiger partial charge on any atom is -0.375 e. The maximum Gasteiger partial charge on any atom is 0.250 e. The molecule has 1 aliphatic heterocycles. The number of nitrogens with zero attached hydrogens (tertiary/aromatic N) is 3. The smallest absolute Gasteiger partial charge is 0.250 e. The summed E-state index contributed by atoms with van der Waals surface area (Å²) in [6.45, 7) is 1.37. The van der Waals surface area contributed by atoms with Crippen LogP contribution >= 0.6 is 0 Å². The molecule has 1 saturated heterocycles. The summed E-state index contributed by atoms with van der Waals surface area (Å²) in [5, 5.41) is 2.72. The van der Waals surface area contributed by atoms with Gasteiger partial charge >= 0.3 is 0 Å². The van der Waals surface area contributed by atoms with E-state index in [9.17, 15) is 9.59 Å². The van der Waals surface area contributed by atoms with Crippen LogP contribution < -0.4 is 11.1 Å². The Morgan fingerprint density at radius 1 is 1.14 bits per heavy atom. The fourth-order valence-corrected chi connectivity index (χ4v) is 4.40. The van der Waals surface area contributed by atoms with E-state index in [2.05, 4.69) is 10.3 Å². The Bertz CT molecular complexity index is 1140. The normalized spacial score (nSPS) is 16.9. The summed E-state index contributed by atoms with van der Waals surface area (Å²) in [5.74, 6) is -0.190. The van der Waals surface area contributed by atoms with Crippen molar-refractivity contribution in [2.24, 2.45) is 5.73 Å². The summed E-state index contributed by atoms with van der Waals surface area (Å²) in [7, 11) is 1.45. The highest BCUT2D eigenvalue weighted by molar-refractivity contribution is 5.94. The molecule has 0 aliphatic carbocycles. The predicted molar refractivity (Wildman–Crippen MR) is 137 cm³/mol. The number of hydrogen-bond acceptors (Lipinski definition) is 7. The van der Waals surface area contributed by atoms with Crippen LogP contribution in [0.2, 0.25) is 0 Å². The highest BCUT2D eigenvalue weighted by atomic mass is 17.2. The number of nitrogens with one attached hydrogen (secondary N) is 1. The van der Waals surface area contributed by atoms with Gasteiger partial charge in [0.1, 0.15) is 18.7 Å². The molecule has 2 aromatic carbocycles. The van der Waals surface area contributed by atoms with Crippen molar-refractivity contribution < 1.29 is 24.1 Å². The van der Waals surface area contributed by atoms with Crippen LogP contribution in [0.5, 0.6) is 0 Å². The average molecular weight is 508 g/mol. The molecule has 1 fully saturated rings. The first-order valence-corrected chi connectivity index (χ1v) is 12.3. The van der Waals surface area contributed by atoms with Gasteiger partial charge < -0.3 is 25.3 Å². The summed E-state index contributed by atoms with van der Waals surface area (Å²) in [6.07, 6.45) is 4.91. The zero-order chi connectivity index (χ0) is 26.0. The summed E-state index contributed by atoms with van der Waals surface area (Å²) >= 11 is 0. The number of imidazole rings is 1. The van der Waals surface area contributed by atoms with Crippen molar-refractivity contribution in [2.75, 3.05) is 32.2 Å². The molecule has 3 N–H and O–H groups in total. The van der Waals surface area contributed by atoms with Gasteiger partial charge in [0.05, 0.1) is 32.7 Å². The van der Waals surface area contributed by atoms with Gasteiger partial charge in [-0.1, -0.05) is 60.7 Å². The van der Waals surface area contributed by atoms with Crippen LogP contribution in [0, 0.1) is 0 Å².